The molecule has 0 aliphatic rings. The molecule has 0 fully saturated rings. The number of hydrogen-bond donors (Lipinski definition) is 2. The van der Waals surface area contributed by atoms with Gasteiger partial charge >= 0.3 is 12.1 Å². The van der Waals surface area contributed by atoms with Crippen molar-refractivity contribution in [2.24, 2.45) is 0 Å². The van der Waals surface area contributed by atoms with Crippen molar-refractivity contribution in [3.8, 4) is 0 Å². The third-order valence-electron chi connectivity index (χ3n) is 2.08. The zero-order valence-corrected chi connectivity index (χ0v) is 14.3. The Kier molecular flexibility index (Phi) is 8.09. The van der Waals surface area contributed by atoms with Crippen LogP contribution in [-0.4, -0.2) is 60.7 Å². The molecular weight excluding hydrogens is 318 g/mol. The van der Waals surface area contributed by atoms with E-state index in [4.69, 9.17) is 9.84 Å². The van der Waals surface area contributed by atoms with E-state index in [2.05, 4.69) is 5.32 Å². The number of nitrogens with one attached hydrogen (secondary N) is 1. The summed E-state index contributed by atoms with van der Waals surface area (Å²) in [7, 11) is -3.00. The maximum atomic E-state index is 11.5. The number of ether oxygens (including phenoxy) is 1. The molecule has 0 aromatic carbocycles. The zero-order valence-electron chi connectivity index (χ0n) is 12.7. The van der Waals surface area contributed by atoms with Crippen molar-refractivity contribution in [1.29, 1.82) is 0 Å². The lowest BCUT2D eigenvalue weighted by molar-refractivity contribution is -0.138. The molecule has 0 spiro atoms. The van der Waals surface area contributed by atoms with Crippen molar-refractivity contribution in [3.63, 3.8) is 0 Å². The predicted molar refractivity (Wildman–Crippen MR) is 82.4 cm³/mol. The second kappa shape index (κ2) is 8.47. The summed E-state index contributed by atoms with van der Waals surface area (Å²) >= 11 is 1.27. The Labute approximate surface area is 129 Å². The second-order valence-corrected chi connectivity index (χ2v) is 9.00. The molecule has 1 amide bonds. The molecule has 7 nitrogen and oxygen atoms in total. The largest absolute Gasteiger partial charge is 0.480 e. The molecule has 1 unspecified atom stereocenters. The topological polar surface area (TPSA) is 110 Å². The predicted octanol–water partition coefficient (Wildman–Crippen LogP) is 1.13. The number of carbonyl (C=O) groups excluding carboxylic acids is 1. The van der Waals surface area contributed by atoms with Crippen LogP contribution in [0.1, 0.15) is 27.2 Å². The number of aliphatic carboxylic acids is 1. The molecule has 124 valence electrons. The van der Waals surface area contributed by atoms with Gasteiger partial charge in [-0.15, -0.1) is 0 Å². The molecule has 0 aromatic rings. The molecular formula is C12H23NO6S2. The van der Waals surface area contributed by atoms with Crippen LogP contribution < -0.4 is 5.32 Å². The van der Waals surface area contributed by atoms with Gasteiger partial charge in [0.2, 0.25) is 0 Å². The van der Waals surface area contributed by atoms with E-state index in [0.717, 1.165) is 6.26 Å². The van der Waals surface area contributed by atoms with E-state index >= 15 is 0 Å². The van der Waals surface area contributed by atoms with E-state index in [9.17, 15) is 18.0 Å². The van der Waals surface area contributed by atoms with E-state index in [1.54, 1.807) is 20.8 Å². The Morgan fingerprint density at radius 2 is 1.90 bits per heavy atom. The normalized spacial score (nSPS) is 13.5. The Hall–Kier alpha value is -0.960. The summed E-state index contributed by atoms with van der Waals surface area (Å²) in [6, 6.07) is -1.07. The van der Waals surface area contributed by atoms with Crippen molar-refractivity contribution < 1.29 is 27.9 Å². The molecule has 0 saturated carbocycles. The van der Waals surface area contributed by atoms with E-state index < -0.39 is 33.5 Å². The minimum Gasteiger partial charge on any atom is -0.480 e. The Bertz CT molecular complexity index is 455. The zero-order chi connectivity index (χ0) is 16.7. The monoisotopic (exact) mass is 341 g/mol. The summed E-state index contributed by atoms with van der Waals surface area (Å²) in [5, 5.41) is 11.3. The minimum atomic E-state index is -3.00. The van der Waals surface area contributed by atoms with Gasteiger partial charge in [0, 0.05) is 12.0 Å². The number of amides is 1. The molecule has 0 aliphatic carbocycles. The first-order chi connectivity index (χ1) is 9.41. The van der Waals surface area contributed by atoms with Gasteiger partial charge in [-0.3, -0.25) is 0 Å². The van der Waals surface area contributed by atoms with Crippen LogP contribution >= 0.6 is 11.8 Å². The van der Waals surface area contributed by atoms with Crippen LogP contribution in [0.3, 0.4) is 0 Å². The Balaban J connectivity index is 4.15. The van der Waals surface area contributed by atoms with Crippen molar-refractivity contribution >= 4 is 33.7 Å². The van der Waals surface area contributed by atoms with Gasteiger partial charge in [0.25, 0.3) is 0 Å². The number of thioether (sulfide) groups is 1. The van der Waals surface area contributed by atoms with Crippen LogP contribution in [0.5, 0.6) is 0 Å². The third-order valence-corrected chi connectivity index (χ3v) is 4.25. The van der Waals surface area contributed by atoms with Gasteiger partial charge in [-0.2, -0.15) is 11.8 Å². The van der Waals surface area contributed by atoms with Crippen molar-refractivity contribution in [3.05, 3.63) is 0 Å². The highest BCUT2D eigenvalue weighted by molar-refractivity contribution is 7.99. The molecule has 0 aromatic heterocycles. The maximum absolute atomic E-state index is 11.5. The standard InChI is InChI=1S/C12H23NO6S2/c1-12(2,3)19-11(16)13-9(10(14)15)8-20-6-5-7-21(4,17)18/h9H,5-8H2,1-4H3,(H,13,16)(H,14,15). The van der Waals surface area contributed by atoms with E-state index in [-0.39, 0.29) is 11.5 Å². The number of hydrogen-bond acceptors (Lipinski definition) is 6. The first kappa shape index (κ1) is 20.0. The van der Waals surface area contributed by atoms with Crippen LogP contribution in [0.15, 0.2) is 0 Å². The molecule has 2 N–H and O–H groups in total. The Morgan fingerprint density at radius 1 is 1.33 bits per heavy atom. The van der Waals surface area contributed by atoms with Gasteiger partial charge in [0.15, 0.2) is 0 Å². The van der Waals surface area contributed by atoms with Gasteiger partial charge in [-0.05, 0) is 32.9 Å². The quantitative estimate of drug-likeness (QED) is 0.637. The smallest absolute Gasteiger partial charge is 0.408 e. The molecule has 0 saturated heterocycles. The van der Waals surface area contributed by atoms with Crippen molar-refractivity contribution in [2.75, 3.05) is 23.5 Å². The van der Waals surface area contributed by atoms with Crippen LogP contribution in [0.2, 0.25) is 0 Å². The average molecular weight is 341 g/mol. The molecule has 0 heterocycles. The fourth-order valence-electron chi connectivity index (χ4n) is 1.25. The van der Waals surface area contributed by atoms with Gasteiger partial charge in [0.05, 0.1) is 5.75 Å². The van der Waals surface area contributed by atoms with Gasteiger partial charge < -0.3 is 15.2 Å². The lowest BCUT2D eigenvalue weighted by atomic mass is 10.2. The summed E-state index contributed by atoms with van der Waals surface area (Å²) in [5.74, 6) is -0.431. The third kappa shape index (κ3) is 12.5. The number of sulfone groups is 1. The average Bonchev–Trinajstić information content (AvgIpc) is 2.22. The molecule has 0 bridgehead atoms. The Morgan fingerprint density at radius 3 is 2.33 bits per heavy atom. The highest BCUT2D eigenvalue weighted by Gasteiger charge is 2.23. The van der Waals surface area contributed by atoms with Crippen LogP contribution in [-0.2, 0) is 19.4 Å². The molecule has 21 heavy (non-hydrogen) atoms. The van der Waals surface area contributed by atoms with Gasteiger partial charge in [-0.1, -0.05) is 0 Å². The highest BCUT2D eigenvalue weighted by atomic mass is 32.2. The summed E-state index contributed by atoms with van der Waals surface area (Å²) in [5.41, 5.74) is -0.699. The second-order valence-electron chi connectivity index (χ2n) is 5.60. The molecule has 1 atom stereocenters. The summed E-state index contributed by atoms with van der Waals surface area (Å²) in [6.45, 7) is 5.05. The first-order valence-corrected chi connectivity index (χ1v) is 9.60. The number of carboxylic acids is 1. The number of alkyl carbamates (subject to hydrolysis) is 1. The lowest BCUT2D eigenvalue weighted by Crippen LogP contribution is -2.45. The van der Waals surface area contributed by atoms with Gasteiger partial charge in [0.1, 0.15) is 21.5 Å². The number of carbonyl (C=O) groups is 2. The summed E-state index contributed by atoms with van der Waals surface area (Å²) < 4.78 is 26.9. The minimum absolute atomic E-state index is 0.0667. The van der Waals surface area contributed by atoms with E-state index in [0.29, 0.717) is 12.2 Å². The SMILES string of the molecule is CC(C)(C)OC(=O)NC(CSCCCS(C)(=O)=O)C(=O)O. The molecule has 0 radical (unpaired) electrons. The highest BCUT2D eigenvalue weighted by Crippen LogP contribution is 2.09. The van der Waals surface area contributed by atoms with E-state index in [1.807, 2.05) is 0 Å². The molecule has 0 aliphatic heterocycles. The van der Waals surface area contributed by atoms with Crippen molar-refractivity contribution in [1.82, 2.24) is 5.32 Å². The number of carboxylic acid groups (broad SMARTS) is 1. The molecule has 9 heteroatoms. The van der Waals surface area contributed by atoms with Crippen LogP contribution in [0, 0.1) is 0 Å². The first-order valence-electron chi connectivity index (χ1n) is 6.38. The van der Waals surface area contributed by atoms with Crippen molar-refractivity contribution in [2.45, 2.75) is 38.8 Å². The summed E-state index contributed by atoms with van der Waals surface area (Å²) in [4.78, 5) is 22.6. The number of rotatable bonds is 8. The molecule has 0 rings (SSSR count). The van der Waals surface area contributed by atoms with Crippen LogP contribution in [0.25, 0.3) is 0 Å². The maximum Gasteiger partial charge on any atom is 0.408 e. The van der Waals surface area contributed by atoms with Crippen LogP contribution in [0.4, 0.5) is 4.79 Å². The fourth-order valence-corrected chi connectivity index (χ4v) is 3.08. The van der Waals surface area contributed by atoms with Gasteiger partial charge in [-0.25, -0.2) is 18.0 Å². The summed E-state index contributed by atoms with van der Waals surface area (Å²) in [6.07, 6.45) is 0.816. The lowest BCUT2D eigenvalue weighted by Gasteiger charge is -2.21. The van der Waals surface area contributed by atoms with E-state index in [1.165, 1.54) is 11.8 Å². The fraction of sp³-hybridized carbons (Fsp3) is 0.833.